The van der Waals surface area contributed by atoms with Gasteiger partial charge >= 0.3 is 5.97 Å². The summed E-state index contributed by atoms with van der Waals surface area (Å²) < 4.78 is 20.1. The van der Waals surface area contributed by atoms with E-state index in [4.69, 9.17) is 18.9 Å². The molecular weight excluding hydrogens is 224 g/mol. The van der Waals surface area contributed by atoms with Gasteiger partial charge in [0.2, 0.25) is 0 Å². The van der Waals surface area contributed by atoms with Gasteiger partial charge in [-0.3, -0.25) is 0 Å². The Balaban J connectivity index is 3.25. The number of rotatable bonds is 5. The summed E-state index contributed by atoms with van der Waals surface area (Å²) in [6, 6.07) is 6.86. The number of methoxy groups -OCH3 is 4. The monoisotopic (exact) mass is 240 g/mol. The van der Waals surface area contributed by atoms with Crippen molar-refractivity contribution in [3.8, 4) is 5.75 Å². The maximum atomic E-state index is 11.8. The van der Waals surface area contributed by atoms with E-state index in [2.05, 4.69) is 0 Å². The van der Waals surface area contributed by atoms with Crippen molar-refractivity contribution >= 4 is 5.97 Å². The molecule has 1 aromatic rings. The van der Waals surface area contributed by atoms with E-state index in [1.165, 1.54) is 21.3 Å². The summed E-state index contributed by atoms with van der Waals surface area (Å²) in [5, 5.41) is 0. The van der Waals surface area contributed by atoms with Crippen LogP contribution in [0.2, 0.25) is 0 Å². The second kappa shape index (κ2) is 5.65. The molecule has 0 N–H and O–H groups in total. The van der Waals surface area contributed by atoms with Gasteiger partial charge in [0.05, 0.1) is 14.2 Å². The lowest BCUT2D eigenvalue weighted by Crippen LogP contribution is -2.40. The third kappa shape index (κ3) is 2.40. The Kier molecular flexibility index (Phi) is 4.48. The summed E-state index contributed by atoms with van der Waals surface area (Å²) in [6.45, 7) is 0. The van der Waals surface area contributed by atoms with Crippen LogP contribution < -0.4 is 4.74 Å². The maximum Gasteiger partial charge on any atom is 0.371 e. The Hall–Kier alpha value is -1.59. The summed E-state index contributed by atoms with van der Waals surface area (Å²) in [6.07, 6.45) is 0. The molecule has 0 aromatic heterocycles. The topological polar surface area (TPSA) is 54.0 Å². The van der Waals surface area contributed by atoms with Gasteiger partial charge in [-0.1, -0.05) is 12.1 Å². The first-order chi connectivity index (χ1) is 8.14. The van der Waals surface area contributed by atoms with Gasteiger partial charge in [0.1, 0.15) is 5.75 Å². The van der Waals surface area contributed by atoms with Gasteiger partial charge < -0.3 is 18.9 Å². The van der Waals surface area contributed by atoms with Gasteiger partial charge in [0, 0.05) is 19.8 Å². The van der Waals surface area contributed by atoms with Crippen LogP contribution in [0.1, 0.15) is 5.56 Å². The van der Waals surface area contributed by atoms with Crippen molar-refractivity contribution in [1.29, 1.82) is 0 Å². The molecule has 0 atom stereocenters. The van der Waals surface area contributed by atoms with Crippen LogP contribution in [-0.4, -0.2) is 34.4 Å². The third-order valence-electron chi connectivity index (χ3n) is 2.48. The Morgan fingerprint density at radius 1 is 1.12 bits per heavy atom. The first-order valence-electron chi connectivity index (χ1n) is 4.97. The molecule has 5 nitrogen and oxygen atoms in total. The lowest BCUT2D eigenvalue weighted by Gasteiger charge is -2.28. The third-order valence-corrected chi connectivity index (χ3v) is 2.48. The van der Waals surface area contributed by atoms with Gasteiger partial charge in [-0.25, -0.2) is 4.79 Å². The molecule has 17 heavy (non-hydrogen) atoms. The molecule has 0 aliphatic rings. The average Bonchev–Trinajstić information content (AvgIpc) is 2.40. The highest BCUT2D eigenvalue weighted by molar-refractivity contribution is 5.79. The normalized spacial score (nSPS) is 11.1. The Morgan fingerprint density at radius 3 is 2.24 bits per heavy atom. The molecule has 1 aromatic carbocycles. The molecule has 0 radical (unpaired) electrons. The molecule has 0 saturated carbocycles. The highest BCUT2D eigenvalue weighted by atomic mass is 16.7. The summed E-state index contributed by atoms with van der Waals surface area (Å²) in [5.74, 6) is -1.59. The van der Waals surface area contributed by atoms with Crippen molar-refractivity contribution < 1.29 is 23.7 Å². The van der Waals surface area contributed by atoms with Crippen LogP contribution in [0, 0.1) is 0 Å². The standard InChI is InChI=1S/C12H16O5/c1-14-10-7-5-6-9(8-10)12(16-3,17-4)11(13)15-2/h5-8H,1-4H3. The second-order valence-electron chi connectivity index (χ2n) is 3.25. The maximum absolute atomic E-state index is 11.8. The average molecular weight is 240 g/mol. The van der Waals surface area contributed by atoms with Crippen molar-refractivity contribution in [2.75, 3.05) is 28.4 Å². The summed E-state index contributed by atoms with van der Waals surface area (Å²) in [7, 11) is 5.56. The van der Waals surface area contributed by atoms with Gasteiger partial charge in [0.25, 0.3) is 5.79 Å². The Labute approximate surface area is 100 Å². The van der Waals surface area contributed by atoms with Crippen LogP contribution in [0.5, 0.6) is 5.75 Å². The summed E-state index contributed by atoms with van der Waals surface area (Å²) in [5.41, 5.74) is 0.508. The molecule has 0 aliphatic carbocycles. The Bertz CT molecular complexity index is 384. The fourth-order valence-electron chi connectivity index (χ4n) is 1.57. The van der Waals surface area contributed by atoms with Gasteiger partial charge in [-0.15, -0.1) is 0 Å². The molecule has 0 saturated heterocycles. The molecular formula is C12H16O5. The number of esters is 1. The largest absolute Gasteiger partial charge is 0.497 e. The minimum Gasteiger partial charge on any atom is -0.497 e. The molecule has 0 fully saturated rings. The van der Waals surface area contributed by atoms with E-state index >= 15 is 0 Å². The zero-order chi connectivity index (χ0) is 12.9. The van der Waals surface area contributed by atoms with Crippen molar-refractivity contribution in [2.24, 2.45) is 0 Å². The smallest absolute Gasteiger partial charge is 0.371 e. The van der Waals surface area contributed by atoms with Crippen LogP contribution >= 0.6 is 0 Å². The number of ether oxygens (including phenoxy) is 4. The van der Waals surface area contributed by atoms with Crippen molar-refractivity contribution in [1.82, 2.24) is 0 Å². The second-order valence-corrected chi connectivity index (χ2v) is 3.25. The van der Waals surface area contributed by atoms with Crippen LogP contribution in [0.4, 0.5) is 0 Å². The predicted octanol–water partition coefficient (Wildman–Crippen LogP) is 1.31. The fraction of sp³-hybridized carbons (Fsp3) is 0.417. The molecule has 94 valence electrons. The zero-order valence-electron chi connectivity index (χ0n) is 10.4. The van der Waals surface area contributed by atoms with Gasteiger partial charge in [0.15, 0.2) is 0 Å². The van der Waals surface area contributed by atoms with Crippen LogP contribution in [-0.2, 0) is 24.8 Å². The first-order valence-corrected chi connectivity index (χ1v) is 4.97. The van der Waals surface area contributed by atoms with E-state index < -0.39 is 11.8 Å². The highest BCUT2D eigenvalue weighted by Gasteiger charge is 2.42. The molecule has 0 aliphatic heterocycles. The fourth-order valence-corrected chi connectivity index (χ4v) is 1.57. The molecule has 1 rings (SSSR count). The van der Waals surface area contributed by atoms with Crippen LogP contribution in [0.25, 0.3) is 0 Å². The van der Waals surface area contributed by atoms with Crippen molar-refractivity contribution in [3.63, 3.8) is 0 Å². The molecule has 0 amide bonds. The minimum absolute atomic E-state index is 0.508. The number of carbonyl (C=O) groups is 1. The molecule has 5 heteroatoms. The number of benzene rings is 1. The number of hydrogen-bond acceptors (Lipinski definition) is 5. The zero-order valence-corrected chi connectivity index (χ0v) is 10.4. The summed E-state index contributed by atoms with van der Waals surface area (Å²) in [4.78, 5) is 11.8. The molecule has 0 spiro atoms. The van der Waals surface area contributed by atoms with Gasteiger partial charge in [-0.2, -0.15) is 0 Å². The van der Waals surface area contributed by atoms with E-state index in [1.807, 2.05) is 0 Å². The lowest BCUT2D eigenvalue weighted by molar-refractivity contribution is -0.233. The predicted molar refractivity (Wildman–Crippen MR) is 60.7 cm³/mol. The first kappa shape index (κ1) is 13.5. The number of hydrogen-bond donors (Lipinski definition) is 0. The highest BCUT2D eigenvalue weighted by Crippen LogP contribution is 2.29. The van der Waals surface area contributed by atoms with Crippen LogP contribution in [0.15, 0.2) is 24.3 Å². The minimum atomic E-state index is -1.57. The lowest BCUT2D eigenvalue weighted by atomic mass is 10.1. The van der Waals surface area contributed by atoms with E-state index in [9.17, 15) is 4.79 Å². The van der Waals surface area contributed by atoms with E-state index in [0.29, 0.717) is 11.3 Å². The Morgan fingerprint density at radius 2 is 1.76 bits per heavy atom. The van der Waals surface area contributed by atoms with E-state index in [0.717, 1.165) is 0 Å². The van der Waals surface area contributed by atoms with E-state index in [1.54, 1.807) is 31.4 Å². The van der Waals surface area contributed by atoms with E-state index in [-0.39, 0.29) is 0 Å². The molecule has 0 unspecified atom stereocenters. The van der Waals surface area contributed by atoms with Crippen molar-refractivity contribution in [3.05, 3.63) is 29.8 Å². The summed E-state index contributed by atoms with van der Waals surface area (Å²) >= 11 is 0. The quantitative estimate of drug-likeness (QED) is 0.574. The van der Waals surface area contributed by atoms with Gasteiger partial charge in [-0.05, 0) is 12.1 Å². The molecule has 0 heterocycles. The van der Waals surface area contributed by atoms with Crippen molar-refractivity contribution in [2.45, 2.75) is 5.79 Å². The van der Waals surface area contributed by atoms with Crippen LogP contribution in [0.3, 0.4) is 0 Å². The molecule has 0 bridgehead atoms. The SMILES string of the molecule is COC(=O)C(OC)(OC)c1cccc(OC)c1. The number of carbonyl (C=O) groups excluding carboxylic acids is 1.